The van der Waals surface area contributed by atoms with E-state index in [0.717, 1.165) is 5.69 Å². The van der Waals surface area contributed by atoms with Crippen LogP contribution in [0.1, 0.15) is 29.0 Å². The van der Waals surface area contributed by atoms with Crippen LogP contribution in [0.25, 0.3) is 0 Å². The summed E-state index contributed by atoms with van der Waals surface area (Å²) in [5.41, 5.74) is 2.48. The first kappa shape index (κ1) is 14.8. The Hall–Kier alpha value is -2.62. The molecule has 1 aromatic heterocycles. The summed E-state index contributed by atoms with van der Waals surface area (Å²) in [6.07, 6.45) is 3.30. The Morgan fingerprint density at radius 2 is 2.05 bits per heavy atom. The van der Waals surface area contributed by atoms with Crippen LogP contribution in [0, 0.1) is 0 Å². The number of nitrogens with one attached hydrogen (secondary N) is 2. The van der Waals surface area contributed by atoms with Gasteiger partial charge in [-0.05, 0) is 24.6 Å². The lowest BCUT2D eigenvalue weighted by molar-refractivity contribution is 0.0953. The van der Waals surface area contributed by atoms with E-state index < -0.39 is 0 Å². The molecule has 1 unspecified atom stereocenters. The molecule has 1 amide bonds. The molecule has 0 spiro atoms. The quantitative estimate of drug-likeness (QED) is 0.800. The number of benzene rings is 1. The van der Waals surface area contributed by atoms with Crippen molar-refractivity contribution in [3.63, 3.8) is 0 Å². The van der Waals surface area contributed by atoms with Crippen LogP contribution < -0.4 is 10.6 Å². The zero-order valence-electron chi connectivity index (χ0n) is 12.0. The van der Waals surface area contributed by atoms with E-state index in [4.69, 9.17) is 0 Å². The maximum Gasteiger partial charge on any atom is 0.270 e. The lowest BCUT2D eigenvalue weighted by Crippen LogP contribution is -2.24. The second-order valence-electron chi connectivity index (χ2n) is 4.71. The molecule has 108 valence electrons. The van der Waals surface area contributed by atoms with Crippen LogP contribution in [0.4, 0.5) is 5.69 Å². The number of nitrogens with zero attached hydrogens (tertiary/aromatic N) is 1. The number of hydrogen-bond donors (Lipinski definition) is 2. The third kappa shape index (κ3) is 4.18. The zero-order valence-corrected chi connectivity index (χ0v) is 12.0. The van der Waals surface area contributed by atoms with Crippen molar-refractivity contribution in [1.82, 2.24) is 10.3 Å². The third-order valence-electron chi connectivity index (χ3n) is 3.09. The van der Waals surface area contributed by atoms with Gasteiger partial charge in [0.1, 0.15) is 5.69 Å². The van der Waals surface area contributed by atoms with Gasteiger partial charge in [0.25, 0.3) is 5.91 Å². The second-order valence-corrected chi connectivity index (χ2v) is 4.71. The van der Waals surface area contributed by atoms with Crippen LogP contribution in [0.3, 0.4) is 0 Å². The van der Waals surface area contributed by atoms with Gasteiger partial charge < -0.3 is 10.6 Å². The van der Waals surface area contributed by atoms with E-state index in [0.29, 0.717) is 12.2 Å². The van der Waals surface area contributed by atoms with Crippen LogP contribution in [-0.4, -0.2) is 17.4 Å². The van der Waals surface area contributed by atoms with Gasteiger partial charge in [0.05, 0.1) is 11.9 Å². The van der Waals surface area contributed by atoms with Gasteiger partial charge in [-0.15, -0.1) is 6.58 Å². The largest absolute Gasteiger partial charge is 0.377 e. The SMILES string of the molecule is C=CCNC(=O)c1ccc(NC(C)c2ccccc2)cn1. The summed E-state index contributed by atoms with van der Waals surface area (Å²) in [5.74, 6) is -0.197. The van der Waals surface area contributed by atoms with Crippen molar-refractivity contribution in [1.29, 1.82) is 0 Å². The lowest BCUT2D eigenvalue weighted by atomic mass is 10.1. The van der Waals surface area contributed by atoms with E-state index in [2.05, 4.69) is 41.3 Å². The van der Waals surface area contributed by atoms with Gasteiger partial charge in [-0.3, -0.25) is 4.79 Å². The molecule has 2 aromatic rings. The maximum absolute atomic E-state index is 11.7. The molecule has 1 heterocycles. The molecule has 0 saturated carbocycles. The number of rotatable bonds is 6. The fraction of sp³-hybridized carbons (Fsp3) is 0.176. The fourth-order valence-electron chi connectivity index (χ4n) is 1.94. The predicted molar refractivity (Wildman–Crippen MR) is 85.2 cm³/mol. The number of aromatic nitrogens is 1. The van der Waals surface area contributed by atoms with Crippen LogP contribution >= 0.6 is 0 Å². The molecule has 0 saturated heterocycles. The van der Waals surface area contributed by atoms with Crippen molar-refractivity contribution in [3.05, 3.63) is 72.6 Å². The van der Waals surface area contributed by atoms with Gasteiger partial charge in [0.2, 0.25) is 0 Å². The highest BCUT2D eigenvalue weighted by Crippen LogP contribution is 2.18. The Kier molecular flexibility index (Phi) is 5.10. The Morgan fingerprint density at radius 3 is 2.67 bits per heavy atom. The summed E-state index contributed by atoms with van der Waals surface area (Å²) < 4.78 is 0. The highest BCUT2D eigenvalue weighted by Gasteiger charge is 2.07. The first-order valence-electron chi connectivity index (χ1n) is 6.87. The average molecular weight is 281 g/mol. The highest BCUT2D eigenvalue weighted by molar-refractivity contribution is 5.92. The minimum atomic E-state index is -0.197. The Morgan fingerprint density at radius 1 is 1.29 bits per heavy atom. The summed E-state index contributed by atoms with van der Waals surface area (Å²) in [6.45, 7) is 6.08. The number of hydrogen-bond acceptors (Lipinski definition) is 3. The van der Waals surface area contributed by atoms with Gasteiger partial charge in [0, 0.05) is 12.6 Å². The highest BCUT2D eigenvalue weighted by atomic mass is 16.1. The van der Waals surface area contributed by atoms with E-state index in [1.807, 2.05) is 24.3 Å². The summed E-state index contributed by atoms with van der Waals surface area (Å²) >= 11 is 0. The van der Waals surface area contributed by atoms with Crippen LogP contribution in [0.2, 0.25) is 0 Å². The molecule has 0 aliphatic heterocycles. The van der Waals surface area contributed by atoms with E-state index in [1.165, 1.54) is 5.56 Å². The van der Waals surface area contributed by atoms with Gasteiger partial charge in [-0.1, -0.05) is 36.4 Å². The summed E-state index contributed by atoms with van der Waals surface area (Å²) in [7, 11) is 0. The molecule has 4 heteroatoms. The second kappa shape index (κ2) is 7.24. The molecular weight excluding hydrogens is 262 g/mol. The predicted octanol–water partition coefficient (Wildman–Crippen LogP) is 3.17. The first-order chi connectivity index (χ1) is 10.2. The molecule has 0 bridgehead atoms. The van der Waals surface area contributed by atoms with Crippen molar-refractivity contribution >= 4 is 11.6 Å². The molecule has 21 heavy (non-hydrogen) atoms. The molecule has 0 fully saturated rings. The Balaban J connectivity index is 1.99. The van der Waals surface area contributed by atoms with Gasteiger partial charge >= 0.3 is 0 Å². The molecular formula is C17H19N3O. The van der Waals surface area contributed by atoms with Crippen LogP contribution in [0.15, 0.2) is 61.3 Å². The molecule has 4 nitrogen and oxygen atoms in total. The first-order valence-corrected chi connectivity index (χ1v) is 6.87. The summed E-state index contributed by atoms with van der Waals surface area (Å²) in [5, 5.41) is 6.05. The van der Waals surface area contributed by atoms with Gasteiger partial charge in [-0.25, -0.2) is 4.98 Å². The van der Waals surface area contributed by atoms with E-state index in [-0.39, 0.29) is 11.9 Å². The van der Waals surface area contributed by atoms with Gasteiger partial charge in [0.15, 0.2) is 0 Å². The number of anilines is 1. The van der Waals surface area contributed by atoms with Crippen LogP contribution in [0.5, 0.6) is 0 Å². The minimum Gasteiger partial charge on any atom is -0.377 e. The van der Waals surface area contributed by atoms with Crippen molar-refractivity contribution in [2.24, 2.45) is 0 Å². The summed E-state index contributed by atoms with van der Waals surface area (Å²) in [4.78, 5) is 15.9. The van der Waals surface area contributed by atoms with E-state index in [9.17, 15) is 4.79 Å². The number of pyridine rings is 1. The summed E-state index contributed by atoms with van der Waals surface area (Å²) in [6, 6.07) is 13.9. The normalized spacial score (nSPS) is 11.5. The monoisotopic (exact) mass is 281 g/mol. The van der Waals surface area contributed by atoms with E-state index >= 15 is 0 Å². The van der Waals surface area contributed by atoms with Crippen molar-refractivity contribution in [2.75, 3.05) is 11.9 Å². The topological polar surface area (TPSA) is 54.0 Å². The molecule has 2 rings (SSSR count). The van der Waals surface area contributed by atoms with Crippen LogP contribution in [-0.2, 0) is 0 Å². The molecule has 0 aliphatic rings. The van der Waals surface area contributed by atoms with E-state index in [1.54, 1.807) is 18.3 Å². The zero-order chi connectivity index (χ0) is 15.1. The molecule has 0 radical (unpaired) electrons. The standard InChI is InChI=1S/C17H19N3O/c1-3-11-18-17(21)16-10-9-15(12-19-16)20-13(2)14-7-5-4-6-8-14/h3-10,12-13,20H,1,11H2,2H3,(H,18,21). The number of carbonyl (C=O) groups excluding carboxylic acids is 1. The molecule has 0 aliphatic carbocycles. The lowest BCUT2D eigenvalue weighted by Gasteiger charge is -2.15. The Labute approximate surface area is 124 Å². The fourth-order valence-corrected chi connectivity index (χ4v) is 1.94. The third-order valence-corrected chi connectivity index (χ3v) is 3.09. The van der Waals surface area contributed by atoms with Crippen molar-refractivity contribution in [2.45, 2.75) is 13.0 Å². The van der Waals surface area contributed by atoms with Gasteiger partial charge in [-0.2, -0.15) is 0 Å². The molecule has 1 atom stereocenters. The Bertz CT molecular complexity index is 593. The smallest absolute Gasteiger partial charge is 0.270 e. The minimum absolute atomic E-state index is 0.174. The molecule has 2 N–H and O–H groups in total. The molecule has 1 aromatic carbocycles. The average Bonchev–Trinajstić information content (AvgIpc) is 2.54. The van der Waals surface area contributed by atoms with Crippen molar-refractivity contribution in [3.8, 4) is 0 Å². The number of carbonyl (C=O) groups is 1. The van der Waals surface area contributed by atoms with Crippen molar-refractivity contribution < 1.29 is 4.79 Å². The number of amides is 1. The maximum atomic E-state index is 11.7.